The average molecular weight is 354 g/mol. The van der Waals surface area contributed by atoms with Crippen LogP contribution in [0.4, 0.5) is 0 Å². The molecule has 128 valence electrons. The first kappa shape index (κ1) is 17.0. The summed E-state index contributed by atoms with van der Waals surface area (Å²) in [4.78, 5) is 16.5. The lowest BCUT2D eigenvalue weighted by Crippen LogP contribution is -2.20. The van der Waals surface area contributed by atoms with Gasteiger partial charge < -0.3 is 9.67 Å². The van der Waals surface area contributed by atoms with Crippen molar-refractivity contribution < 1.29 is 9.90 Å². The number of nitrogens with one attached hydrogen (secondary N) is 1. The van der Waals surface area contributed by atoms with E-state index in [2.05, 4.69) is 27.0 Å². The third-order valence-corrected chi connectivity index (χ3v) is 4.54. The molecule has 3 aromatic rings. The van der Waals surface area contributed by atoms with Crippen LogP contribution in [-0.4, -0.2) is 32.5 Å². The molecule has 0 aliphatic carbocycles. The van der Waals surface area contributed by atoms with Gasteiger partial charge in [-0.15, -0.1) is 0 Å². The molecule has 0 aliphatic rings. The Labute approximate surface area is 149 Å². The Balaban J connectivity index is 1.58. The second-order valence-corrected chi connectivity index (χ2v) is 6.24. The number of carbonyl (C=O) groups excluding carboxylic acids is 1. The second-order valence-electron chi connectivity index (χ2n) is 5.30. The molecule has 6 nitrogen and oxygen atoms in total. The van der Waals surface area contributed by atoms with E-state index in [4.69, 9.17) is 0 Å². The minimum absolute atomic E-state index is 0.191. The molecule has 0 saturated carbocycles. The molecule has 0 fully saturated rings. The van der Waals surface area contributed by atoms with E-state index >= 15 is 0 Å². The molecular formula is C18H18N4O2S. The number of para-hydroxylation sites is 2. The average Bonchev–Trinajstić information content (AvgIpc) is 2.99. The van der Waals surface area contributed by atoms with Gasteiger partial charge in [0.1, 0.15) is 5.75 Å². The van der Waals surface area contributed by atoms with Crippen molar-refractivity contribution in [2.75, 3.05) is 5.75 Å². The van der Waals surface area contributed by atoms with Gasteiger partial charge in [0, 0.05) is 6.54 Å². The van der Waals surface area contributed by atoms with Crippen molar-refractivity contribution in [3.05, 3.63) is 54.1 Å². The number of benzene rings is 2. The van der Waals surface area contributed by atoms with Crippen molar-refractivity contribution in [1.29, 1.82) is 0 Å². The Morgan fingerprint density at radius 1 is 1.28 bits per heavy atom. The van der Waals surface area contributed by atoms with Gasteiger partial charge in [0.15, 0.2) is 5.16 Å². The van der Waals surface area contributed by atoms with E-state index in [-0.39, 0.29) is 17.4 Å². The van der Waals surface area contributed by atoms with Crippen LogP contribution < -0.4 is 5.43 Å². The number of carbonyl (C=O) groups is 1. The van der Waals surface area contributed by atoms with Gasteiger partial charge in [0.2, 0.25) is 0 Å². The zero-order valence-corrected chi connectivity index (χ0v) is 14.5. The lowest BCUT2D eigenvalue weighted by Gasteiger charge is -2.04. The van der Waals surface area contributed by atoms with E-state index in [1.807, 2.05) is 24.3 Å². The van der Waals surface area contributed by atoms with Crippen LogP contribution in [0.2, 0.25) is 0 Å². The van der Waals surface area contributed by atoms with Gasteiger partial charge in [-0.05, 0) is 48.9 Å². The second kappa shape index (κ2) is 7.85. The number of hydrazone groups is 1. The predicted octanol–water partition coefficient (Wildman–Crippen LogP) is 3.00. The molecule has 1 heterocycles. The Morgan fingerprint density at radius 2 is 2.04 bits per heavy atom. The SMILES string of the molecule is CCn1c(SCC(=O)NN=Cc2ccc(O)cc2)nc2ccccc21. The zero-order chi connectivity index (χ0) is 17.6. The van der Waals surface area contributed by atoms with Crippen LogP contribution in [0.15, 0.2) is 58.8 Å². The van der Waals surface area contributed by atoms with Crippen molar-refractivity contribution in [2.45, 2.75) is 18.6 Å². The van der Waals surface area contributed by atoms with Gasteiger partial charge in [0.25, 0.3) is 5.91 Å². The van der Waals surface area contributed by atoms with Gasteiger partial charge in [-0.3, -0.25) is 4.79 Å². The highest BCUT2D eigenvalue weighted by Crippen LogP contribution is 2.23. The Bertz CT molecular complexity index is 903. The van der Waals surface area contributed by atoms with Crippen molar-refractivity contribution in [1.82, 2.24) is 15.0 Å². The number of phenolic OH excluding ortho intramolecular Hbond substituents is 1. The summed E-state index contributed by atoms with van der Waals surface area (Å²) in [6, 6.07) is 14.5. The van der Waals surface area contributed by atoms with Crippen LogP contribution in [0.5, 0.6) is 5.75 Å². The van der Waals surface area contributed by atoms with Crippen molar-refractivity contribution in [3.63, 3.8) is 0 Å². The van der Waals surface area contributed by atoms with Gasteiger partial charge in [-0.2, -0.15) is 5.10 Å². The molecule has 2 N–H and O–H groups in total. The number of fused-ring (bicyclic) bond motifs is 1. The number of aromatic nitrogens is 2. The summed E-state index contributed by atoms with van der Waals surface area (Å²) in [5.74, 6) is 0.224. The number of rotatable bonds is 6. The first-order valence-electron chi connectivity index (χ1n) is 7.86. The normalized spacial score (nSPS) is 11.2. The standard InChI is InChI=1S/C18H18N4O2S/c1-2-22-16-6-4-3-5-15(16)20-18(22)25-12-17(24)21-19-11-13-7-9-14(23)10-8-13/h3-11,23H,2,12H2,1H3,(H,21,24). The van der Waals surface area contributed by atoms with E-state index < -0.39 is 0 Å². The van der Waals surface area contributed by atoms with E-state index in [0.29, 0.717) is 0 Å². The third-order valence-electron chi connectivity index (χ3n) is 3.56. The summed E-state index contributed by atoms with van der Waals surface area (Å²) in [6.45, 7) is 2.85. The number of nitrogens with zero attached hydrogens (tertiary/aromatic N) is 3. The summed E-state index contributed by atoms with van der Waals surface area (Å²) >= 11 is 1.39. The Morgan fingerprint density at radius 3 is 2.80 bits per heavy atom. The maximum atomic E-state index is 12.0. The summed E-state index contributed by atoms with van der Waals surface area (Å²) < 4.78 is 2.09. The maximum Gasteiger partial charge on any atom is 0.250 e. The molecule has 25 heavy (non-hydrogen) atoms. The fourth-order valence-electron chi connectivity index (χ4n) is 2.37. The molecule has 0 unspecified atom stereocenters. The molecule has 0 bridgehead atoms. The van der Waals surface area contributed by atoms with Crippen molar-refractivity contribution in [2.24, 2.45) is 5.10 Å². The first-order chi connectivity index (χ1) is 12.2. The van der Waals surface area contributed by atoms with Gasteiger partial charge in [-0.1, -0.05) is 23.9 Å². The van der Waals surface area contributed by atoms with Crippen LogP contribution in [0.3, 0.4) is 0 Å². The lowest BCUT2D eigenvalue weighted by atomic mass is 10.2. The number of aryl methyl sites for hydroxylation is 1. The summed E-state index contributed by atoms with van der Waals surface area (Å²) in [5, 5.41) is 14.0. The van der Waals surface area contributed by atoms with E-state index in [1.165, 1.54) is 18.0 Å². The molecule has 0 aliphatic heterocycles. The lowest BCUT2D eigenvalue weighted by molar-refractivity contribution is -0.118. The Kier molecular flexibility index (Phi) is 5.35. The van der Waals surface area contributed by atoms with Crippen molar-refractivity contribution >= 4 is 34.9 Å². The van der Waals surface area contributed by atoms with E-state index in [9.17, 15) is 9.90 Å². The van der Waals surface area contributed by atoms with Gasteiger partial charge in [-0.25, -0.2) is 10.4 Å². The van der Waals surface area contributed by atoms with Crippen molar-refractivity contribution in [3.8, 4) is 5.75 Å². The predicted molar refractivity (Wildman–Crippen MR) is 100.0 cm³/mol. The van der Waals surface area contributed by atoms with Crippen LogP contribution in [0.1, 0.15) is 12.5 Å². The minimum Gasteiger partial charge on any atom is -0.508 e. The molecule has 1 amide bonds. The summed E-state index contributed by atoms with van der Waals surface area (Å²) in [7, 11) is 0. The summed E-state index contributed by atoms with van der Waals surface area (Å²) in [5.41, 5.74) is 5.28. The number of phenols is 1. The quantitative estimate of drug-likeness (QED) is 0.405. The number of imidazole rings is 1. The van der Waals surface area contributed by atoms with Crippen LogP contribution >= 0.6 is 11.8 Å². The third kappa shape index (κ3) is 4.19. The number of hydrogen-bond acceptors (Lipinski definition) is 5. The van der Waals surface area contributed by atoms with Crippen LogP contribution in [0, 0.1) is 0 Å². The molecule has 7 heteroatoms. The highest BCUT2D eigenvalue weighted by molar-refractivity contribution is 7.99. The zero-order valence-electron chi connectivity index (χ0n) is 13.7. The van der Waals surface area contributed by atoms with E-state index in [1.54, 1.807) is 24.3 Å². The van der Waals surface area contributed by atoms with Crippen LogP contribution in [-0.2, 0) is 11.3 Å². The monoisotopic (exact) mass is 354 g/mol. The molecule has 0 spiro atoms. The number of amides is 1. The van der Waals surface area contributed by atoms with Gasteiger partial charge >= 0.3 is 0 Å². The first-order valence-corrected chi connectivity index (χ1v) is 8.85. The number of aromatic hydroxyl groups is 1. The minimum atomic E-state index is -0.199. The number of hydrogen-bond donors (Lipinski definition) is 2. The molecule has 0 saturated heterocycles. The maximum absolute atomic E-state index is 12.0. The van der Waals surface area contributed by atoms with Crippen LogP contribution in [0.25, 0.3) is 11.0 Å². The molecule has 0 radical (unpaired) electrons. The smallest absolute Gasteiger partial charge is 0.250 e. The highest BCUT2D eigenvalue weighted by atomic mass is 32.2. The fourth-order valence-corrected chi connectivity index (χ4v) is 3.24. The fraction of sp³-hybridized carbons (Fsp3) is 0.167. The number of thioether (sulfide) groups is 1. The highest BCUT2D eigenvalue weighted by Gasteiger charge is 2.11. The Hall–Kier alpha value is -2.80. The molecular weight excluding hydrogens is 336 g/mol. The largest absolute Gasteiger partial charge is 0.508 e. The topological polar surface area (TPSA) is 79.5 Å². The molecule has 1 aromatic heterocycles. The molecule has 2 aromatic carbocycles. The molecule has 3 rings (SSSR count). The summed E-state index contributed by atoms with van der Waals surface area (Å²) in [6.07, 6.45) is 1.53. The van der Waals surface area contributed by atoms with Gasteiger partial charge in [0.05, 0.1) is 23.0 Å². The van der Waals surface area contributed by atoms with E-state index in [0.717, 1.165) is 28.3 Å². The molecule has 0 atom stereocenters.